The maximum atomic E-state index is 13.5. The number of fused-ring (bicyclic) bond motifs is 2. The number of hydrogen-bond donors (Lipinski definition) is 0. The Kier molecular flexibility index (Phi) is 5.77. The molecule has 2 unspecified atom stereocenters. The minimum Gasteiger partial charge on any atom is -0.493 e. The Bertz CT molecular complexity index is 1320. The van der Waals surface area contributed by atoms with Crippen molar-refractivity contribution in [3.63, 3.8) is 0 Å². The lowest BCUT2D eigenvalue weighted by Gasteiger charge is -2.43. The Balaban J connectivity index is 1.21. The van der Waals surface area contributed by atoms with Gasteiger partial charge in [-0.3, -0.25) is 9.59 Å². The summed E-state index contributed by atoms with van der Waals surface area (Å²) in [5, 5.41) is 4.51. The van der Waals surface area contributed by atoms with E-state index in [1.165, 1.54) is 11.1 Å². The molecule has 0 spiro atoms. The van der Waals surface area contributed by atoms with E-state index in [2.05, 4.69) is 27.2 Å². The second-order valence-corrected chi connectivity index (χ2v) is 10.7. The van der Waals surface area contributed by atoms with Crippen molar-refractivity contribution in [3.8, 4) is 5.75 Å². The molecule has 3 aliphatic rings. The molecule has 2 fully saturated rings. The quantitative estimate of drug-likeness (QED) is 0.383. The minimum atomic E-state index is -0.865. The summed E-state index contributed by atoms with van der Waals surface area (Å²) < 4.78 is 13.6. The monoisotopic (exact) mass is 488 g/mol. The van der Waals surface area contributed by atoms with Crippen LogP contribution in [0.2, 0.25) is 0 Å². The normalized spacial score (nSPS) is 24.2. The van der Waals surface area contributed by atoms with Gasteiger partial charge in [0.25, 0.3) is 5.78 Å². The Morgan fingerprint density at radius 1 is 1.11 bits per heavy atom. The zero-order chi connectivity index (χ0) is 24.9. The van der Waals surface area contributed by atoms with E-state index in [9.17, 15) is 9.59 Å². The van der Waals surface area contributed by atoms with Gasteiger partial charge in [-0.25, -0.2) is 9.50 Å². The summed E-state index contributed by atoms with van der Waals surface area (Å²) in [4.78, 5) is 35.7. The largest absolute Gasteiger partial charge is 0.493 e. The van der Waals surface area contributed by atoms with Gasteiger partial charge >= 0.3 is 5.97 Å². The molecule has 0 N–H and O–H groups in total. The number of aromatic nitrogens is 4. The number of ether oxygens (including phenoxy) is 2. The maximum absolute atomic E-state index is 13.5. The van der Waals surface area contributed by atoms with Crippen LogP contribution >= 0.6 is 0 Å². The van der Waals surface area contributed by atoms with Gasteiger partial charge < -0.3 is 9.47 Å². The molecule has 8 heteroatoms. The molecule has 6 rings (SSSR count). The van der Waals surface area contributed by atoms with Crippen molar-refractivity contribution < 1.29 is 19.1 Å². The fourth-order valence-corrected chi connectivity index (χ4v) is 6.31. The highest BCUT2D eigenvalue weighted by Crippen LogP contribution is 2.45. The first kappa shape index (κ1) is 23.1. The average Bonchev–Trinajstić information content (AvgIpc) is 3.60. The molecule has 1 aliphatic carbocycles. The van der Waals surface area contributed by atoms with E-state index in [-0.39, 0.29) is 24.5 Å². The topological polar surface area (TPSA) is 95.7 Å². The van der Waals surface area contributed by atoms with Gasteiger partial charge in [-0.15, -0.1) is 5.10 Å². The van der Waals surface area contributed by atoms with Gasteiger partial charge in [0.05, 0.1) is 6.61 Å². The molecule has 1 aromatic carbocycles. The van der Waals surface area contributed by atoms with Crippen LogP contribution in [0.3, 0.4) is 0 Å². The van der Waals surface area contributed by atoms with Gasteiger partial charge in [-0.2, -0.15) is 4.98 Å². The Morgan fingerprint density at radius 2 is 1.94 bits per heavy atom. The smallest absolute Gasteiger partial charge is 0.317 e. The molecule has 3 aromatic rings. The predicted molar refractivity (Wildman–Crippen MR) is 132 cm³/mol. The summed E-state index contributed by atoms with van der Waals surface area (Å²) in [6.07, 6.45) is 7.02. The van der Waals surface area contributed by atoms with Crippen LogP contribution in [0, 0.1) is 25.7 Å². The fraction of sp³-hybridized carbons (Fsp3) is 0.536. The van der Waals surface area contributed by atoms with Crippen molar-refractivity contribution in [2.75, 3.05) is 6.61 Å². The van der Waals surface area contributed by atoms with Crippen LogP contribution in [0.25, 0.3) is 5.78 Å². The van der Waals surface area contributed by atoms with Crippen LogP contribution in [-0.2, 0) is 33.6 Å². The molecule has 4 heterocycles. The van der Waals surface area contributed by atoms with Gasteiger partial charge in [-0.1, -0.05) is 25.0 Å². The summed E-state index contributed by atoms with van der Waals surface area (Å²) >= 11 is 0. The van der Waals surface area contributed by atoms with Crippen LogP contribution in [0.5, 0.6) is 5.75 Å². The van der Waals surface area contributed by atoms with E-state index in [0.717, 1.165) is 62.3 Å². The second-order valence-electron chi connectivity index (χ2n) is 10.7. The lowest BCUT2D eigenvalue weighted by molar-refractivity contribution is -0.185. The average molecular weight is 489 g/mol. The van der Waals surface area contributed by atoms with E-state index in [0.29, 0.717) is 18.0 Å². The summed E-state index contributed by atoms with van der Waals surface area (Å²) in [5.41, 5.74) is 3.48. The molecule has 188 valence electrons. The van der Waals surface area contributed by atoms with Gasteiger partial charge in [0, 0.05) is 30.7 Å². The third-order valence-corrected chi connectivity index (χ3v) is 8.19. The number of ketones is 1. The van der Waals surface area contributed by atoms with E-state index >= 15 is 0 Å². The number of Topliss-reactive ketones (excluding diaryl/α,β-unsaturated/α-hetero) is 1. The third kappa shape index (κ3) is 4.16. The third-order valence-electron chi connectivity index (χ3n) is 8.19. The number of carbonyl (C=O) groups excluding carboxylic acids is 2. The van der Waals surface area contributed by atoms with E-state index in [4.69, 9.17) is 9.47 Å². The maximum Gasteiger partial charge on any atom is 0.317 e. The van der Waals surface area contributed by atoms with Crippen molar-refractivity contribution in [1.82, 2.24) is 19.6 Å². The van der Waals surface area contributed by atoms with E-state index in [1.54, 1.807) is 4.52 Å². The van der Waals surface area contributed by atoms with Crippen LogP contribution < -0.4 is 4.74 Å². The molecular formula is C28H32N4O4. The number of benzene rings is 1. The summed E-state index contributed by atoms with van der Waals surface area (Å²) in [6, 6.07) is 8.25. The van der Waals surface area contributed by atoms with Gasteiger partial charge in [0.1, 0.15) is 17.3 Å². The number of cyclic esters (lactones) is 1. The number of nitrogens with zero attached hydrogens (tertiary/aromatic N) is 4. The van der Waals surface area contributed by atoms with Crippen LogP contribution in [0.1, 0.15) is 66.9 Å². The molecule has 1 saturated carbocycles. The van der Waals surface area contributed by atoms with E-state index < -0.39 is 17.5 Å². The first-order valence-electron chi connectivity index (χ1n) is 13.1. The molecule has 0 bridgehead atoms. The lowest BCUT2D eigenvalue weighted by Crippen LogP contribution is -2.52. The molecule has 2 aliphatic heterocycles. The number of carbonyl (C=O) groups is 2. The zero-order valence-corrected chi connectivity index (χ0v) is 21.0. The van der Waals surface area contributed by atoms with Crippen molar-refractivity contribution in [2.24, 2.45) is 11.8 Å². The Morgan fingerprint density at radius 3 is 2.75 bits per heavy atom. The zero-order valence-electron chi connectivity index (χ0n) is 21.0. The van der Waals surface area contributed by atoms with Gasteiger partial charge in [0.15, 0.2) is 11.6 Å². The van der Waals surface area contributed by atoms with Crippen LogP contribution in [0.15, 0.2) is 24.3 Å². The molecular weight excluding hydrogens is 456 g/mol. The number of hydrogen-bond acceptors (Lipinski definition) is 7. The van der Waals surface area contributed by atoms with Crippen LogP contribution in [0.4, 0.5) is 0 Å². The molecule has 8 nitrogen and oxygen atoms in total. The molecule has 0 radical (unpaired) electrons. The molecule has 0 amide bonds. The summed E-state index contributed by atoms with van der Waals surface area (Å²) in [7, 11) is 0. The highest BCUT2D eigenvalue weighted by atomic mass is 16.6. The molecule has 1 saturated heterocycles. The second kappa shape index (κ2) is 8.98. The molecule has 2 aromatic heterocycles. The number of esters is 1. The van der Waals surface area contributed by atoms with Crippen molar-refractivity contribution in [1.29, 1.82) is 0 Å². The first-order valence-corrected chi connectivity index (χ1v) is 13.1. The van der Waals surface area contributed by atoms with Crippen molar-refractivity contribution in [3.05, 3.63) is 52.6 Å². The fourth-order valence-electron chi connectivity index (χ4n) is 6.31. The predicted octanol–water partition coefficient (Wildman–Crippen LogP) is 3.91. The minimum absolute atomic E-state index is 0.0554. The number of aryl methyl sites for hydroxylation is 3. The Labute approximate surface area is 210 Å². The molecule has 2 atom stereocenters. The van der Waals surface area contributed by atoms with Crippen molar-refractivity contribution in [2.45, 2.75) is 77.2 Å². The van der Waals surface area contributed by atoms with Gasteiger partial charge in [-0.05, 0) is 68.7 Å². The highest BCUT2D eigenvalue weighted by molar-refractivity contribution is 6.01. The van der Waals surface area contributed by atoms with E-state index in [1.807, 2.05) is 26.0 Å². The van der Waals surface area contributed by atoms with Gasteiger partial charge in [0.2, 0.25) is 0 Å². The summed E-state index contributed by atoms with van der Waals surface area (Å²) in [6.45, 7) is 4.57. The lowest BCUT2D eigenvalue weighted by atomic mass is 9.73. The highest BCUT2D eigenvalue weighted by Gasteiger charge is 2.51. The SMILES string of the molecule is Cc1cc(C)n2nc(CC3C(=O)CC(CCc4ccc5c(c4)CCO5)(C4CCCC4)OC3=O)nc2n1. The Hall–Kier alpha value is -3.29. The first-order chi connectivity index (χ1) is 17.4. The van der Waals surface area contributed by atoms with Crippen molar-refractivity contribution >= 4 is 17.5 Å². The number of rotatable bonds is 6. The molecule has 36 heavy (non-hydrogen) atoms. The standard InChI is InChI=1S/C28H32N4O4/c1-17-13-18(2)32-27(29-17)30-25(31-32)15-22-23(33)16-28(36-26(22)34,21-5-3-4-6-21)11-9-19-7-8-24-20(14-19)10-12-35-24/h7-8,13-14,21-22H,3-6,9-12,15-16H2,1-2H3. The van der Waals surface area contributed by atoms with Crippen LogP contribution in [-0.4, -0.2) is 43.5 Å². The summed E-state index contributed by atoms with van der Waals surface area (Å²) in [5.74, 6) is 0.773.